The van der Waals surface area contributed by atoms with Crippen LogP contribution in [0.5, 0.6) is 0 Å². The SMILES string of the molecule is COC(=O)C(NC(=O)c1ccccc1)c1nnc(-c2ccccc2)o1. The number of hydrogen-bond donors (Lipinski definition) is 1. The van der Waals surface area contributed by atoms with E-state index in [9.17, 15) is 9.59 Å². The predicted molar refractivity (Wildman–Crippen MR) is 88.4 cm³/mol. The molecule has 0 spiro atoms. The lowest BCUT2D eigenvalue weighted by atomic mass is 10.2. The van der Waals surface area contributed by atoms with Gasteiger partial charge in [-0.3, -0.25) is 4.79 Å². The van der Waals surface area contributed by atoms with Crippen molar-refractivity contribution in [2.45, 2.75) is 6.04 Å². The fourth-order valence-corrected chi connectivity index (χ4v) is 2.19. The summed E-state index contributed by atoms with van der Waals surface area (Å²) in [5.41, 5.74) is 1.11. The zero-order chi connectivity index (χ0) is 17.6. The Balaban J connectivity index is 1.85. The summed E-state index contributed by atoms with van der Waals surface area (Å²) >= 11 is 0. The van der Waals surface area contributed by atoms with Crippen molar-refractivity contribution in [3.8, 4) is 11.5 Å². The van der Waals surface area contributed by atoms with Crippen LogP contribution in [-0.2, 0) is 9.53 Å². The Labute approximate surface area is 143 Å². The Morgan fingerprint density at radius 1 is 1.00 bits per heavy atom. The molecule has 3 aromatic rings. The van der Waals surface area contributed by atoms with E-state index < -0.39 is 17.9 Å². The summed E-state index contributed by atoms with van der Waals surface area (Å²) in [7, 11) is 1.22. The summed E-state index contributed by atoms with van der Waals surface area (Å²) in [5.74, 6) is -0.948. The lowest BCUT2D eigenvalue weighted by Gasteiger charge is -2.12. The van der Waals surface area contributed by atoms with Gasteiger partial charge in [-0.1, -0.05) is 36.4 Å². The van der Waals surface area contributed by atoms with E-state index in [1.807, 2.05) is 18.2 Å². The molecular weight excluding hydrogens is 322 g/mol. The molecule has 0 radical (unpaired) electrons. The highest BCUT2D eigenvalue weighted by atomic mass is 16.5. The Morgan fingerprint density at radius 3 is 2.28 bits per heavy atom. The smallest absolute Gasteiger partial charge is 0.338 e. The lowest BCUT2D eigenvalue weighted by molar-refractivity contribution is -0.143. The van der Waals surface area contributed by atoms with Crippen molar-refractivity contribution in [2.24, 2.45) is 0 Å². The van der Waals surface area contributed by atoms with Crippen molar-refractivity contribution >= 4 is 11.9 Å². The molecule has 1 atom stereocenters. The third-order valence-corrected chi connectivity index (χ3v) is 3.46. The van der Waals surface area contributed by atoms with E-state index >= 15 is 0 Å². The third-order valence-electron chi connectivity index (χ3n) is 3.46. The molecule has 2 aromatic carbocycles. The predicted octanol–water partition coefficient (Wildman–Crippen LogP) is 2.38. The molecule has 0 aliphatic rings. The Hall–Kier alpha value is -3.48. The number of amides is 1. The van der Waals surface area contributed by atoms with Gasteiger partial charge in [0.1, 0.15) is 0 Å². The molecule has 1 heterocycles. The van der Waals surface area contributed by atoms with Crippen molar-refractivity contribution in [2.75, 3.05) is 7.11 Å². The zero-order valence-corrected chi connectivity index (χ0v) is 13.4. The van der Waals surface area contributed by atoms with E-state index in [4.69, 9.17) is 9.15 Å². The Kier molecular flexibility index (Phi) is 4.84. The van der Waals surface area contributed by atoms with Crippen LogP contribution in [0.3, 0.4) is 0 Å². The van der Waals surface area contributed by atoms with Crippen molar-refractivity contribution in [3.63, 3.8) is 0 Å². The topological polar surface area (TPSA) is 94.3 Å². The maximum atomic E-state index is 12.3. The number of aromatic nitrogens is 2. The molecule has 0 bridgehead atoms. The molecule has 1 N–H and O–H groups in total. The maximum Gasteiger partial charge on any atom is 0.338 e. The van der Waals surface area contributed by atoms with Gasteiger partial charge in [0.2, 0.25) is 11.9 Å². The molecule has 25 heavy (non-hydrogen) atoms. The number of nitrogens with one attached hydrogen (secondary N) is 1. The molecule has 3 rings (SSSR count). The van der Waals surface area contributed by atoms with E-state index in [0.29, 0.717) is 11.1 Å². The van der Waals surface area contributed by atoms with Gasteiger partial charge in [-0.25, -0.2) is 4.79 Å². The number of carbonyl (C=O) groups excluding carboxylic acids is 2. The van der Waals surface area contributed by atoms with E-state index in [1.54, 1.807) is 42.5 Å². The molecule has 1 unspecified atom stereocenters. The van der Waals surface area contributed by atoms with Crippen LogP contribution in [0.15, 0.2) is 65.1 Å². The number of hydrogen-bond acceptors (Lipinski definition) is 6. The molecule has 0 fully saturated rings. The molecular formula is C18H15N3O4. The fourth-order valence-electron chi connectivity index (χ4n) is 2.19. The first-order valence-corrected chi connectivity index (χ1v) is 7.51. The second-order valence-corrected chi connectivity index (χ2v) is 5.11. The second-order valence-electron chi connectivity index (χ2n) is 5.11. The number of carbonyl (C=O) groups is 2. The van der Waals surface area contributed by atoms with E-state index in [1.165, 1.54) is 7.11 Å². The molecule has 0 saturated carbocycles. The highest BCUT2D eigenvalue weighted by Crippen LogP contribution is 2.21. The summed E-state index contributed by atoms with van der Waals surface area (Å²) in [5, 5.41) is 10.4. The van der Waals surface area contributed by atoms with Crippen LogP contribution < -0.4 is 5.32 Å². The molecule has 7 heteroatoms. The van der Waals surface area contributed by atoms with E-state index in [0.717, 1.165) is 0 Å². The summed E-state index contributed by atoms with van der Waals surface area (Å²) < 4.78 is 10.3. The normalized spacial score (nSPS) is 11.6. The monoisotopic (exact) mass is 337 g/mol. The number of nitrogens with zero attached hydrogens (tertiary/aromatic N) is 2. The standard InChI is InChI=1S/C18H15N3O4/c1-24-18(23)14(19-15(22)12-8-4-2-5-9-12)17-21-20-16(25-17)13-10-6-3-7-11-13/h2-11,14H,1H3,(H,19,22). The van der Waals surface area contributed by atoms with Crippen molar-refractivity contribution in [1.82, 2.24) is 15.5 Å². The quantitative estimate of drug-likeness (QED) is 0.718. The van der Waals surface area contributed by atoms with Gasteiger partial charge >= 0.3 is 5.97 Å². The lowest BCUT2D eigenvalue weighted by Crippen LogP contribution is -2.34. The van der Waals surface area contributed by atoms with Crippen molar-refractivity contribution in [1.29, 1.82) is 0 Å². The van der Waals surface area contributed by atoms with Gasteiger partial charge < -0.3 is 14.5 Å². The first-order valence-electron chi connectivity index (χ1n) is 7.51. The number of esters is 1. The van der Waals surface area contributed by atoms with Crippen LogP contribution in [0.25, 0.3) is 11.5 Å². The summed E-state index contributed by atoms with van der Waals surface area (Å²) in [6.07, 6.45) is 0. The van der Waals surface area contributed by atoms with Crippen LogP contribution >= 0.6 is 0 Å². The molecule has 0 aliphatic carbocycles. The maximum absolute atomic E-state index is 12.3. The molecule has 1 amide bonds. The van der Waals surface area contributed by atoms with Crippen LogP contribution in [-0.4, -0.2) is 29.2 Å². The molecule has 1 aromatic heterocycles. The average molecular weight is 337 g/mol. The van der Waals surface area contributed by atoms with Gasteiger partial charge in [0.15, 0.2) is 0 Å². The first kappa shape index (κ1) is 16.4. The summed E-state index contributed by atoms with van der Waals surface area (Å²) in [6, 6.07) is 16.4. The number of ether oxygens (including phenoxy) is 1. The minimum atomic E-state index is -1.19. The van der Waals surface area contributed by atoms with Crippen LogP contribution in [0.4, 0.5) is 0 Å². The first-order chi connectivity index (χ1) is 12.2. The highest BCUT2D eigenvalue weighted by molar-refractivity contribution is 5.96. The van der Waals surface area contributed by atoms with Crippen LogP contribution in [0, 0.1) is 0 Å². The van der Waals surface area contributed by atoms with Gasteiger partial charge in [-0.05, 0) is 24.3 Å². The largest absolute Gasteiger partial charge is 0.467 e. The second kappa shape index (κ2) is 7.39. The fraction of sp³-hybridized carbons (Fsp3) is 0.111. The van der Waals surface area contributed by atoms with Crippen molar-refractivity contribution < 1.29 is 18.7 Å². The molecule has 0 saturated heterocycles. The minimum Gasteiger partial charge on any atom is -0.467 e. The number of rotatable bonds is 5. The minimum absolute atomic E-state index is 0.0463. The van der Waals surface area contributed by atoms with Crippen molar-refractivity contribution in [3.05, 3.63) is 72.1 Å². The zero-order valence-electron chi connectivity index (χ0n) is 13.4. The summed E-state index contributed by atoms with van der Waals surface area (Å²) in [4.78, 5) is 24.4. The van der Waals surface area contributed by atoms with Gasteiger partial charge in [0, 0.05) is 11.1 Å². The van der Waals surface area contributed by atoms with E-state index in [2.05, 4.69) is 15.5 Å². The molecule has 126 valence electrons. The van der Waals surface area contributed by atoms with Crippen LogP contribution in [0.1, 0.15) is 22.3 Å². The Bertz CT molecular complexity index is 862. The third kappa shape index (κ3) is 3.72. The number of methoxy groups -OCH3 is 1. The Morgan fingerprint density at radius 2 is 1.64 bits per heavy atom. The average Bonchev–Trinajstić information content (AvgIpc) is 3.16. The highest BCUT2D eigenvalue weighted by Gasteiger charge is 2.29. The van der Waals surface area contributed by atoms with Crippen LogP contribution in [0.2, 0.25) is 0 Å². The van der Waals surface area contributed by atoms with Gasteiger partial charge in [-0.15, -0.1) is 10.2 Å². The van der Waals surface area contributed by atoms with Gasteiger partial charge in [0.25, 0.3) is 11.8 Å². The summed E-state index contributed by atoms with van der Waals surface area (Å²) in [6.45, 7) is 0. The van der Waals surface area contributed by atoms with Gasteiger partial charge in [0.05, 0.1) is 7.11 Å². The molecule has 0 aliphatic heterocycles. The van der Waals surface area contributed by atoms with Gasteiger partial charge in [-0.2, -0.15) is 0 Å². The number of benzene rings is 2. The molecule has 7 nitrogen and oxygen atoms in total. The van der Waals surface area contributed by atoms with E-state index in [-0.39, 0.29) is 11.8 Å².